The number of benzene rings is 1. The maximum atomic E-state index is 15.6. The molecule has 5 heterocycles. The van der Waals surface area contributed by atoms with Gasteiger partial charge in [0.25, 0.3) is 0 Å². The van der Waals surface area contributed by atoms with Crippen LogP contribution in [-0.4, -0.2) is 68.3 Å². The van der Waals surface area contributed by atoms with Gasteiger partial charge in [0.1, 0.15) is 17.0 Å². The topological polar surface area (TPSA) is 89.6 Å². The number of halogens is 1. The van der Waals surface area contributed by atoms with Gasteiger partial charge in [-0.25, -0.2) is 14.4 Å². The molecule has 5 aromatic rings. The van der Waals surface area contributed by atoms with Crippen LogP contribution in [0.5, 0.6) is 0 Å². The highest BCUT2D eigenvalue weighted by Gasteiger charge is 2.22. The highest BCUT2D eigenvalue weighted by molar-refractivity contribution is 5.97. The van der Waals surface area contributed by atoms with Crippen LogP contribution in [0.1, 0.15) is 0 Å². The van der Waals surface area contributed by atoms with Gasteiger partial charge >= 0.3 is 0 Å². The van der Waals surface area contributed by atoms with Gasteiger partial charge in [0.15, 0.2) is 11.5 Å². The van der Waals surface area contributed by atoms with Gasteiger partial charge in [-0.05, 0) is 31.3 Å². The zero-order valence-corrected chi connectivity index (χ0v) is 17.5. The van der Waals surface area contributed by atoms with E-state index in [1.807, 2.05) is 18.2 Å². The van der Waals surface area contributed by atoms with E-state index in [1.54, 1.807) is 30.7 Å². The van der Waals surface area contributed by atoms with E-state index in [1.165, 1.54) is 0 Å². The molecule has 0 unspecified atom stereocenters. The molecule has 2 N–H and O–H groups in total. The average Bonchev–Trinajstić information content (AvgIpc) is 3.45. The van der Waals surface area contributed by atoms with Crippen LogP contribution in [-0.2, 0) is 0 Å². The fraction of sp³-hybridized carbons (Fsp3) is 0.217. The number of pyridine rings is 2. The van der Waals surface area contributed by atoms with Crippen LogP contribution in [0.4, 0.5) is 10.1 Å². The van der Waals surface area contributed by atoms with Crippen molar-refractivity contribution >= 4 is 27.8 Å². The molecule has 1 aromatic carbocycles. The second-order valence-electron chi connectivity index (χ2n) is 8.07. The summed E-state index contributed by atoms with van der Waals surface area (Å²) in [5.74, 6) is 0.134. The fourth-order valence-corrected chi connectivity index (χ4v) is 4.31. The number of nitrogens with one attached hydrogen (secondary N) is 2. The number of hydrogen-bond acceptors (Lipinski definition) is 6. The molecule has 0 bridgehead atoms. The molecule has 160 valence electrons. The summed E-state index contributed by atoms with van der Waals surface area (Å²) in [6, 6.07) is 9.19. The molecule has 6 rings (SSSR count). The Labute approximate surface area is 183 Å². The van der Waals surface area contributed by atoms with Crippen molar-refractivity contribution in [2.75, 3.05) is 38.1 Å². The lowest BCUT2D eigenvalue weighted by molar-refractivity contribution is 0.313. The molecule has 1 aliphatic rings. The molecule has 9 heteroatoms. The molecular weight excluding hydrogens is 407 g/mol. The van der Waals surface area contributed by atoms with E-state index in [0.717, 1.165) is 37.4 Å². The monoisotopic (exact) mass is 428 g/mol. The van der Waals surface area contributed by atoms with Crippen LogP contribution >= 0.6 is 0 Å². The Morgan fingerprint density at radius 1 is 1.03 bits per heavy atom. The van der Waals surface area contributed by atoms with Crippen LogP contribution in [0.2, 0.25) is 0 Å². The summed E-state index contributed by atoms with van der Waals surface area (Å²) < 4.78 is 15.6. The Morgan fingerprint density at radius 2 is 1.91 bits per heavy atom. The van der Waals surface area contributed by atoms with E-state index in [9.17, 15) is 0 Å². The Balaban J connectivity index is 1.48. The van der Waals surface area contributed by atoms with Crippen molar-refractivity contribution in [2.24, 2.45) is 0 Å². The first-order valence-corrected chi connectivity index (χ1v) is 10.5. The number of anilines is 1. The first kappa shape index (κ1) is 18.9. The summed E-state index contributed by atoms with van der Waals surface area (Å²) >= 11 is 0. The standard InChI is InChI=1S/C23H21FN8/c1-31-9-11-32(12-10-31)17-6-8-26-22-20(17)27-23(28-22)21-18-16(29-30-21)5-4-15(19(18)24)14-3-2-7-25-13-14/h2-8,13H,9-12H2,1H3,(H,29,30)(H,26,27,28). The zero-order chi connectivity index (χ0) is 21.7. The lowest BCUT2D eigenvalue weighted by Crippen LogP contribution is -2.44. The number of imidazole rings is 1. The second-order valence-corrected chi connectivity index (χ2v) is 8.07. The highest BCUT2D eigenvalue weighted by atomic mass is 19.1. The number of likely N-dealkylation sites (N-methyl/N-ethyl adjacent to an activating group) is 1. The molecule has 4 aromatic heterocycles. The number of rotatable bonds is 3. The average molecular weight is 428 g/mol. The molecule has 1 aliphatic heterocycles. The number of H-pyrrole nitrogens is 2. The van der Waals surface area contributed by atoms with Crippen LogP contribution in [0.15, 0.2) is 48.9 Å². The number of piperazine rings is 1. The predicted molar refractivity (Wildman–Crippen MR) is 122 cm³/mol. The smallest absolute Gasteiger partial charge is 0.180 e. The van der Waals surface area contributed by atoms with Gasteiger partial charge in [0.05, 0.1) is 16.6 Å². The highest BCUT2D eigenvalue weighted by Crippen LogP contribution is 2.34. The molecule has 0 aliphatic carbocycles. The number of aromatic amines is 2. The summed E-state index contributed by atoms with van der Waals surface area (Å²) in [7, 11) is 2.13. The van der Waals surface area contributed by atoms with Crippen molar-refractivity contribution in [3.63, 3.8) is 0 Å². The van der Waals surface area contributed by atoms with E-state index in [-0.39, 0.29) is 5.82 Å². The number of hydrogen-bond donors (Lipinski definition) is 2. The van der Waals surface area contributed by atoms with E-state index in [0.29, 0.717) is 39.2 Å². The predicted octanol–water partition coefficient (Wildman–Crippen LogP) is 3.45. The minimum Gasteiger partial charge on any atom is -0.367 e. The molecule has 32 heavy (non-hydrogen) atoms. The molecule has 0 saturated carbocycles. The van der Waals surface area contributed by atoms with Crippen molar-refractivity contribution in [1.82, 2.24) is 35.0 Å². The number of nitrogens with zero attached hydrogens (tertiary/aromatic N) is 6. The summed E-state index contributed by atoms with van der Waals surface area (Å²) in [4.78, 5) is 21.2. The third-order valence-corrected chi connectivity index (χ3v) is 6.08. The summed E-state index contributed by atoms with van der Waals surface area (Å²) in [5, 5.41) is 7.71. The van der Waals surface area contributed by atoms with Gasteiger partial charge in [-0.3, -0.25) is 10.1 Å². The Hall–Kier alpha value is -3.85. The molecule has 8 nitrogen and oxygen atoms in total. The third kappa shape index (κ3) is 3.01. The van der Waals surface area contributed by atoms with E-state index >= 15 is 4.39 Å². The number of aromatic nitrogens is 6. The minimum atomic E-state index is -0.355. The second kappa shape index (κ2) is 7.38. The summed E-state index contributed by atoms with van der Waals surface area (Å²) in [6.07, 6.45) is 5.09. The normalized spacial score (nSPS) is 15.1. The first-order valence-electron chi connectivity index (χ1n) is 10.5. The zero-order valence-electron chi connectivity index (χ0n) is 17.5. The quantitative estimate of drug-likeness (QED) is 0.458. The maximum absolute atomic E-state index is 15.6. The lowest BCUT2D eigenvalue weighted by atomic mass is 10.0. The fourth-order valence-electron chi connectivity index (χ4n) is 4.31. The number of fused-ring (bicyclic) bond motifs is 2. The van der Waals surface area contributed by atoms with Gasteiger partial charge < -0.3 is 14.8 Å². The summed E-state index contributed by atoms with van der Waals surface area (Å²) in [6.45, 7) is 3.85. The van der Waals surface area contributed by atoms with Gasteiger partial charge in [-0.1, -0.05) is 6.07 Å². The largest absolute Gasteiger partial charge is 0.367 e. The van der Waals surface area contributed by atoms with Crippen molar-refractivity contribution in [1.29, 1.82) is 0 Å². The molecule has 0 atom stereocenters. The van der Waals surface area contributed by atoms with Gasteiger partial charge in [0.2, 0.25) is 0 Å². The van der Waals surface area contributed by atoms with E-state index in [4.69, 9.17) is 0 Å². The van der Waals surface area contributed by atoms with E-state index < -0.39 is 0 Å². The van der Waals surface area contributed by atoms with Crippen LogP contribution in [0.3, 0.4) is 0 Å². The van der Waals surface area contributed by atoms with Crippen molar-refractivity contribution in [3.8, 4) is 22.6 Å². The van der Waals surface area contributed by atoms with Crippen molar-refractivity contribution in [3.05, 3.63) is 54.7 Å². The van der Waals surface area contributed by atoms with Crippen molar-refractivity contribution in [2.45, 2.75) is 0 Å². The van der Waals surface area contributed by atoms with Crippen molar-refractivity contribution < 1.29 is 4.39 Å². The van der Waals surface area contributed by atoms with Crippen LogP contribution in [0, 0.1) is 5.82 Å². The lowest BCUT2D eigenvalue weighted by Gasteiger charge is -2.34. The third-order valence-electron chi connectivity index (χ3n) is 6.08. The Bertz CT molecular complexity index is 1420. The minimum absolute atomic E-state index is 0.355. The molecule has 1 fully saturated rings. The molecule has 0 amide bonds. The molecular formula is C23H21FN8. The SMILES string of the molecule is CN1CCN(c2ccnc3nc(-c4n[nH]c5ccc(-c6cccnc6)c(F)c45)[nH]c23)CC1. The van der Waals surface area contributed by atoms with Crippen LogP contribution in [0.25, 0.3) is 44.7 Å². The maximum Gasteiger partial charge on any atom is 0.180 e. The van der Waals surface area contributed by atoms with Gasteiger partial charge in [-0.15, -0.1) is 0 Å². The Kier molecular flexibility index (Phi) is 4.36. The Morgan fingerprint density at radius 3 is 2.72 bits per heavy atom. The first-order chi connectivity index (χ1) is 15.7. The molecule has 0 spiro atoms. The molecule has 1 saturated heterocycles. The van der Waals surface area contributed by atoms with Crippen LogP contribution < -0.4 is 4.90 Å². The van der Waals surface area contributed by atoms with Gasteiger partial charge in [-0.2, -0.15) is 5.10 Å². The van der Waals surface area contributed by atoms with E-state index in [2.05, 4.69) is 47.0 Å². The summed E-state index contributed by atoms with van der Waals surface area (Å²) in [5.41, 5.74) is 4.72. The molecule has 0 radical (unpaired) electrons. The van der Waals surface area contributed by atoms with Gasteiger partial charge in [0, 0.05) is 55.9 Å².